The molecule has 0 bridgehead atoms. The van der Waals surface area contributed by atoms with E-state index in [9.17, 15) is 14.4 Å². The van der Waals surface area contributed by atoms with Crippen LogP contribution in [0.1, 0.15) is 406 Å². The number of hydrogen-bond donors (Lipinski definition) is 0. The van der Waals surface area contributed by atoms with Crippen LogP contribution in [0.25, 0.3) is 0 Å². The lowest BCUT2D eigenvalue weighted by Gasteiger charge is -2.18. The zero-order valence-electron chi connectivity index (χ0n) is 56.0. The molecule has 0 saturated carbocycles. The molecule has 0 aromatic heterocycles. The number of allylic oxidation sites excluding steroid dienone is 8. The Morgan fingerprint density at radius 1 is 0.241 bits per heavy atom. The van der Waals surface area contributed by atoms with Gasteiger partial charge < -0.3 is 14.2 Å². The molecule has 0 N–H and O–H groups in total. The zero-order valence-corrected chi connectivity index (χ0v) is 56.0. The van der Waals surface area contributed by atoms with Crippen molar-refractivity contribution in [2.75, 3.05) is 13.2 Å². The molecule has 0 aromatic rings. The average Bonchev–Trinajstić information content (AvgIpc) is 3.49. The highest BCUT2D eigenvalue weighted by atomic mass is 16.6. The van der Waals surface area contributed by atoms with Crippen LogP contribution in [-0.2, 0) is 28.6 Å². The molecule has 0 fully saturated rings. The lowest BCUT2D eigenvalue weighted by molar-refractivity contribution is -0.167. The van der Waals surface area contributed by atoms with Crippen LogP contribution in [0.15, 0.2) is 48.6 Å². The minimum Gasteiger partial charge on any atom is -0.462 e. The van der Waals surface area contributed by atoms with Gasteiger partial charge in [0.2, 0.25) is 0 Å². The van der Waals surface area contributed by atoms with Crippen LogP contribution < -0.4 is 0 Å². The molecule has 0 aliphatic rings. The molecule has 0 saturated heterocycles. The van der Waals surface area contributed by atoms with Gasteiger partial charge in [-0.2, -0.15) is 0 Å². The second-order valence-corrected chi connectivity index (χ2v) is 25.2. The summed E-state index contributed by atoms with van der Waals surface area (Å²) in [6, 6.07) is 0. The van der Waals surface area contributed by atoms with E-state index in [4.69, 9.17) is 14.2 Å². The fourth-order valence-corrected chi connectivity index (χ4v) is 11.2. The van der Waals surface area contributed by atoms with E-state index in [1.54, 1.807) is 0 Å². The van der Waals surface area contributed by atoms with Gasteiger partial charge in [0.25, 0.3) is 0 Å². The van der Waals surface area contributed by atoms with Crippen molar-refractivity contribution < 1.29 is 28.6 Å². The van der Waals surface area contributed by atoms with Crippen molar-refractivity contribution in [1.82, 2.24) is 0 Å². The lowest BCUT2D eigenvalue weighted by Crippen LogP contribution is -2.30. The maximum Gasteiger partial charge on any atom is 0.306 e. The normalized spacial score (nSPS) is 12.3. The second-order valence-electron chi connectivity index (χ2n) is 25.2. The third kappa shape index (κ3) is 70.0. The van der Waals surface area contributed by atoms with E-state index in [-0.39, 0.29) is 31.1 Å². The van der Waals surface area contributed by atoms with E-state index in [0.29, 0.717) is 19.3 Å². The van der Waals surface area contributed by atoms with E-state index in [0.717, 1.165) is 83.5 Å². The van der Waals surface area contributed by atoms with Crippen molar-refractivity contribution in [2.45, 2.75) is 412 Å². The van der Waals surface area contributed by atoms with Crippen LogP contribution >= 0.6 is 0 Å². The van der Waals surface area contributed by atoms with Gasteiger partial charge in [0.05, 0.1) is 0 Å². The number of ether oxygens (including phenoxy) is 3. The quantitative estimate of drug-likeness (QED) is 0.0261. The lowest BCUT2D eigenvalue weighted by atomic mass is 10.0. The first-order valence-electron chi connectivity index (χ1n) is 37.1. The maximum atomic E-state index is 13.0. The third-order valence-electron chi connectivity index (χ3n) is 16.8. The van der Waals surface area contributed by atoms with E-state index in [2.05, 4.69) is 69.4 Å². The van der Waals surface area contributed by atoms with Crippen molar-refractivity contribution >= 4 is 17.9 Å². The standard InChI is InChI=1S/C77H142O6/c1-4-7-10-13-16-19-22-25-28-30-32-33-34-35-36-37-38-39-40-41-42-43-45-46-49-52-55-58-61-64-67-70-76(79)82-73-74(72-81-75(78)69-66-63-60-57-54-51-48-27-24-21-18-15-12-9-6-3)83-77(80)71-68-65-62-59-56-53-50-47-44-31-29-26-23-20-17-14-11-8-5-2/h17-18,20-21,26-27,29,48,74H,4-16,19,22-25,28,30-47,49-73H2,1-3H3/b20-17-,21-18-,29-26-,48-27-. The topological polar surface area (TPSA) is 78.9 Å². The summed E-state index contributed by atoms with van der Waals surface area (Å²) < 4.78 is 17.0. The SMILES string of the molecule is CCCCC/C=C\C/C=C\CCCCCCCCCCCC(=O)OC(COC(=O)CCCCCCC/C=C\C/C=C\CCCCC)COC(=O)CCCCCCCCCCCCCCCCCCCCCCCCCCCCCCCCC. The first kappa shape index (κ1) is 80.4. The molecule has 0 aromatic carbocycles. The molecule has 6 nitrogen and oxygen atoms in total. The van der Waals surface area contributed by atoms with Gasteiger partial charge in [0.15, 0.2) is 6.10 Å². The van der Waals surface area contributed by atoms with Crippen molar-refractivity contribution in [1.29, 1.82) is 0 Å². The third-order valence-corrected chi connectivity index (χ3v) is 16.8. The Labute approximate surface area is 518 Å². The Balaban J connectivity index is 4.19. The van der Waals surface area contributed by atoms with Gasteiger partial charge in [-0.1, -0.05) is 352 Å². The van der Waals surface area contributed by atoms with Crippen LogP contribution in [0.4, 0.5) is 0 Å². The molecular weight excluding hydrogens is 1020 g/mol. The fourth-order valence-electron chi connectivity index (χ4n) is 11.2. The molecule has 1 unspecified atom stereocenters. The van der Waals surface area contributed by atoms with Gasteiger partial charge in [-0.05, 0) is 83.5 Å². The average molecular weight is 1160 g/mol. The highest BCUT2D eigenvalue weighted by Crippen LogP contribution is 2.19. The summed E-state index contributed by atoms with van der Waals surface area (Å²) in [5.74, 6) is -0.868. The van der Waals surface area contributed by atoms with Crippen LogP contribution in [0.5, 0.6) is 0 Å². The Morgan fingerprint density at radius 2 is 0.434 bits per heavy atom. The van der Waals surface area contributed by atoms with Crippen molar-refractivity contribution in [3.8, 4) is 0 Å². The number of hydrogen-bond acceptors (Lipinski definition) is 6. The number of carbonyl (C=O) groups excluding carboxylic acids is 3. The number of unbranched alkanes of at least 4 members (excludes halogenated alkanes) is 50. The molecular formula is C77H142O6. The van der Waals surface area contributed by atoms with E-state index in [1.165, 1.54) is 283 Å². The van der Waals surface area contributed by atoms with E-state index in [1.807, 2.05) is 0 Å². The van der Waals surface area contributed by atoms with E-state index >= 15 is 0 Å². The summed E-state index contributed by atoms with van der Waals surface area (Å²) in [5.41, 5.74) is 0. The highest BCUT2D eigenvalue weighted by molar-refractivity contribution is 5.71. The first-order valence-corrected chi connectivity index (χ1v) is 37.1. The second kappa shape index (κ2) is 71.8. The summed E-state index contributed by atoms with van der Waals surface area (Å²) in [7, 11) is 0. The molecule has 0 radical (unpaired) electrons. The largest absolute Gasteiger partial charge is 0.462 e. The van der Waals surface area contributed by atoms with Crippen LogP contribution in [-0.4, -0.2) is 37.2 Å². The first-order chi connectivity index (χ1) is 41.0. The molecule has 0 spiro atoms. The molecule has 0 rings (SSSR count). The smallest absolute Gasteiger partial charge is 0.306 e. The Kier molecular flexibility index (Phi) is 69.6. The van der Waals surface area contributed by atoms with Gasteiger partial charge in [0.1, 0.15) is 13.2 Å². The van der Waals surface area contributed by atoms with Crippen LogP contribution in [0.3, 0.4) is 0 Å². The molecule has 0 heterocycles. The Morgan fingerprint density at radius 3 is 0.687 bits per heavy atom. The minimum atomic E-state index is -0.782. The van der Waals surface area contributed by atoms with Gasteiger partial charge in [-0.3, -0.25) is 14.4 Å². The van der Waals surface area contributed by atoms with Crippen LogP contribution in [0, 0.1) is 0 Å². The predicted octanol–water partition coefficient (Wildman–Crippen LogP) is 25.7. The number of esters is 3. The summed E-state index contributed by atoms with van der Waals surface area (Å²) in [4.78, 5) is 38.5. The fraction of sp³-hybridized carbons (Fsp3) is 0.857. The van der Waals surface area contributed by atoms with Crippen molar-refractivity contribution in [2.24, 2.45) is 0 Å². The summed E-state index contributed by atoms with van der Waals surface area (Å²) in [5, 5.41) is 0. The summed E-state index contributed by atoms with van der Waals surface area (Å²) in [6.45, 7) is 6.65. The summed E-state index contributed by atoms with van der Waals surface area (Å²) >= 11 is 0. The predicted molar refractivity (Wildman–Crippen MR) is 362 cm³/mol. The van der Waals surface area contributed by atoms with Gasteiger partial charge in [-0.15, -0.1) is 0 Å². The molecule has 1 atom stereocenters. The van der Waals surface area contributed by atoms with Crippen LogP contribution in [0.2, 0.25) is 0 Å². The molecule has 6 heteroatoms. The maximum absolute atomic E-state index is 13.0. The summed E-state index contributed by atoms with van der Waals surface area (Å²) in [6.07, 6.45) is 91.6. The molecule has 0 amide bonds. The number of rotatable bonds is 69. The van der Waals surface area contributed by atoms with E-state index < -0.39 is 6.10 Å². The monoisotopic (exact) mass is 1160 g/mol. The molecule has 83 heavy (non-hydrogen) atoms. The molecule has 0 aliphatic carbocycles. The molecule has 486 valence electrons. The Bertz CT molecular complexity index is 1430. The van der Waals surface area contributed by atoms with Gasteiger partial charge >= 0.3 is 17.9 Å². The van der Waals surface area contributed by atoms with Crippen molar-refractivity contribution in [3.63, 3.8) is 0 Å². The number of carbonyl (C=O) groups is 3. The van der Waals surface area contributed by atoms with Gasteiger partial charge in [0, 0.05) is 19.3 Å². The van der Waals surface area contributed by atoms with Gasteiger partial charge in [-0.25, -0.2) is 0 Å². The minimum absolute atomic E-state index is 0.0754. The highest BCUT2D eigenvalue weighted by Gasteiger charge is 2.19. The molecule has 0 aliphatic heterocycles. The zero-order chi connectivity index (χ0) is 59.9. The van der Waals surface area contributed by atoms with Crippen molar-refractivity contribution in [3.05, 3.63) is 48.6 Å². The Hall–Kier alpha value is -2.63.